The number of carbonyl (C=O) groups is 1. The van der Waals surface area contributed by atoms with Crippen molar-refractivity contribution in [2.75, 3.05) is 13.2 Å². The van der Waals surface area contributed by atoms with Crippen molar-refractivity contribution in [3.8, 4) is 11.1 Å². The molecule has 3 nitrogen and oxygen atoms in total. The lowest BCUT2D eigenvalue weighted by Gasteiger charge is -2.10. The fourth-order valence-electron chi connectivity index (χ4n) is 2.06. The predicted molar refractivity (Wildman–Crippen MR) is 85.3 cm³/mol. The monoisotopic (exact) mass is 301 g/mol. The zero-order valence-electron chi connectivity index (χ0n) is 12.8. The fraction of sp³-hybridized carbons (Fsp3) is 0.278. The maximum Gasteiger partial charge on any atom is 0.254 e. The first kappa shape index (κ1) is 16.2. The smallest absolute Gasteiger partial charge is 0.254 e. The summed E-state index contributed by atoms with van der Waals surface area (Å²) in [5.74, 6) is -0.954. The molecule has 0 aliphatic carbocycles. The average molecular weight is 301 g/mol. The molecule has 0 bridgehead atoms. The van der Waals surface area contributed by atoms with Crippen LogP contribution in [0.3, 0.4) is 0 Å². The molecule has 0 aliphatic heterocycles. The summed E-state index contributed by atoms with van der Waals surface area (Å²) in [6.45, 7) is 4.60. The van der Waals surface area contributed by atoms with Gasteiger partial charge in [-0.05, 0) is 37.1 Å². The molecule has 0 atom stereocenters. The van der Waals surface area contributed by atoms with Crippen LogP contribution in [0, 0.1) is 5.82 Å². The van der Waals surface area contributed by atoms with Crippen LogP contribution in [0.25, 0.3) is 11.1 Å². The molecule has 0 saturated heterocycles. The van der Waals surface area contributed by atoms with Crippen LogP contribution in [0.15, 0.2) is 48.5 Å². The van der Waals surface area contributed by atoms with E-state index in [0.717, 1.165) is 11.1 Å². The minimum absolute atomic E-state index is 0.0471. The van der Waals surface area contributed by atoms with Crippen molar-refractivity contribution in [1.82, 2.24) is 5.32 Å². The summed E-state index contributed by atoms with van der Waals surface area (Å²) >= 11 is 0. The van der Waals surface area contributed by atoms with Gasteiger partial charge in [-0.15, -0.1) is 0 Å². The topological polar surface area (TPSA) is 38.3 Å². The first-order valence-electron chi connectivity index (χ1n) is 7.32. The van der Waals surface area contributed by atoms with Gasteiger partial charge in [0.1, 0.15) is 5.82 Å². The van der Waals surface area contributed by atoms with E-state index in [-0.39, 0.29) is 11.7 Å². The van der Waals surface area contributed by atoms with Gasteiger partial charge in [0.25, 0.3) is 5.91 Å². The van der Waals surface area contributed by atoms with Crippen molar-refractivity contribution in [2.24, 2.45) is 0 Å². The molecule has 2 aromatic rings. The van der Waals surface area contributed by atoms with E-state index in [2.05, 4.69) is 5.32 Å². The Bertz CT molecular complexity index is 626. The minimum Gasteiger partial charge on any atom is -0.377 e. The Morgan fingerprint density at radius 1 is 1.14 bits per heavy atom. The van der Waals surface area contributed by atoms with Gasteiger partial charge in [0, 0.05) is 6.54 Å². The molecule has 4 heteroatoms. The lowest BCUT2D eigenvalue weighted by molar-refractivity contribution is 0.0745. The SMILES string of the molecule is CC(C)OCCNC(=O)c1cc(-c2ccccc2)ccc1F. The van der Waals surface area contributed by atoms with E-state index in [4.69, 9.17) is 4.74 Å². The van der Waals surface area contributed by atoms with Gasteiger partial charge in [0.2, 0.25) is 0 Å². The zero-order valence-corrected chi connectivity index (χ0v) is 12.8. The highest BCUT2D eigenvalue weighted by atomic mass is 19.1. The first-order chi connectivity index (χ1) is 10.6. The van der Waals surface area contributed by atoms with Gasteiger partial charge in [0.05, 0.1) is 18.3 Å². The Morgan fingerprint density at radius 2 is 1.86 bits per heavy atom. The maximum atomic E-state index is 13.9. The molecule has 0 radical (unpaired) electrons. The Kier molecular flexibility index (Phi) is 5.67. The quantitative estimate of drug-likeness (QED) is 0.827. The molecular formula is C18H20FNO2. The van der Waals surface area contributed by atoms with Gasteiger partial charge in [0.15, 0.2) is 0 Å². The molecule has 0 unspecified atom stereocenters. The number of nitrogens with one attached hydrogen (secondary N) is 1. The highest BCUT2D eigenvalue weighted by molar-refractivity contribution is 5.95. The van der Waals surface area contributed by atoms with Crippen molar-refractivity contribution in [1.29, 1.82) is 0 Å². The Labute approximate surface area is 130 Å². The van der Waals surface area contributed by atoms with Crippen LogP contribution >= 0.6 is 0 Å². The molecule has 2 aromatic carbocycles. The second kappa shape index (κ2) is 7.71. The van der Waals surface area contributed by atoms with E-state index >= 15 is 0 Å². The second-order valence-electron chi connectivity index (χ2n) is 5.24. The third-order valence-electron chi connectivity index (χ3n) is 3.16. The Hall–Kier alpha value is -2.20. The highest BCUT2D eigenvalue weighted by Crippen LogP contribution is 2.21. The lowest BCUT2D eigenvalue weighted by atomic mass is 10.0. The van der Waals surface area contributed by atoms with Gasteiger partial charge >= 0.3 is 0 Å². The summed E-state index contributed by atoms with van der Waals surface area (Å²) in [4.78, 5) is 12.1. The van der Waals surface area contributed by atoms with Crippen LogP contribution in [0.2, 0.25) is 0 Å². The van der Waals surface area contributed by atoms with E-state index in [1.165, 1.54) is 6.07 Å². The molecule has 1 N–H and O–H groups in total. The lowest BCUT2D eigenvalue weighted by Crippen LogP contribution is -2.28. The fourth-order valence-corrected chi connectivity index (χ4v) is 2.06. The van der Waals surface area contributed by atoms with Gasteiger partial charge in [-0.3, -0.25) is 4.79 Å². The zero-order chi connectivity index (χ0) is 15.9. The van der Waals surface area contributed by atoms with Crippen molar-refractivity contribution in [2.45, 2.75) is 20.0 Å². The molecule has 116 valence electrons. The number of rotatable bonds is 6. The van der Waals surface area contributed by atoms with Crippen LogP contribution in [0.5, 0.6) is 0 Å². The van der Waals surface area contributed by atoms with Crippen LogP contribution in [0.4, 0.5) is 4.39 Å². The number of carbonyl (C=O) groups excluding carboxylic acids is 1. The molecule has 0 fully saturated rings. The molecule has 0 saturated carbocycles. The van der Waals surface area contributed by atoms with Gasteiger partial charge in [-0.1, -0.05) is 36.4 Å². The number of hydrogen-bond donors (Lipinski definition) is 1. The number of halogens is 1. The summed E-state index contributed by atoms with van der Waals surface area (Å²) in [6, 6.07) is 14.1. The number of benzene rings is 2. The van der Waals surface area contributed by atoms with E-state index in [0.29, 0.717) is 13.2 Å². The standard InChI is InChI=1S/C18H20FNO2/c1-13(2)22-11-10-20-18(21)16-12-15(8-9-17(16)19)14-6-4-3-5-7-14/h3-9,12-13H,10-11H2,1-2H3,(H,20,21). The summed E-state index contributed by atoms with van der Waals surface area (Å²) in [6.07, 6.45) is 0.107. The van der Waals surface area contributed by atoms with E-state index in [1.807, 2.05) is 44.2 Å². The summed E-state index contributed by atoms with van der Waals surface area (Å²) < 4.78 is 19.2. The van der Waals surface area contributed by atoms with Crippen LogP contribution in [-0.4, -0.2) is 25.2 Å². The van der Waals surface area contributed by atoms with Gasteiger partial charge in [-0.25, -0.2) is 4.39 Å². The van der Waals surface area contributed by atoms with Crippen molar-refractivity contribution in [3.63, 3.8) is 0 Å². The number of hydrogen-bond acceptors (Lipinski definition) is 2. The normalized spacial score (nSPS) is 10.7. The summed E-state index contributed by atoms with van der Waals surface area (Å²) in [5, 5.41) is 2.67. The first-order valence-corrected chi connectivity index (χ1v) is 7.32. The summed E-state index contributed by atoms with van der Waals surface area (Å²) in [7, 11) is 0. The maximum absolute atomic E-state index is 13.9. The molecule has 0 aliphatic rings. The van der Waals surface area contributed by atoms with Crippen LogP contribution < -0.4 is 5.32 Å². The van der Waals surface area contributed by atoms with E-state index in [9.17, 15) is 9.18 Å². The molecule has 0 aromatic heterocycles. The molecule has 1 amide bonds. The molecule has 22 heavy (non-hydrogen) atoms. The largest absolute Gasteiger partial charge is 0.377 e. The Morgan fingerprint density at radius 3 is 2.55 bits per heavy atom. The van der Waals surface area contributed by atoms with E-state index in [1.54, 1.807) is 12.1 Å². The molecule has 0 heterocycles. The van der Waals surface area contributed by atoms with E-state index < -0.39 is 11.7 Å². The average Bonchev–Trinajstić information content (AvgIpc) is 2.52. The highest BCUT2D eigenvalue weighted by Gasteiger charge is 2.12. The Balaban J connectivity index is 2.08. The van der Waals surface area contributed by atoms with Gasteiger partial charge in [-0.2, -0.15) is 0 Å². The van der Waals surface area contributed by atoms with Crippen molar-refractivity contribution < 1.29 is 13.9 Å². The van der Waals surface area contributed by atoms with Crippen LogP contribution in [0.1, 0.15) is 24.2 Å². The third-order valence-corrected chi connectivity index (χ3v) is 3.16. The third kappa shape index (κ3) is 4.40. The van der Waals surface area contributed by atoms with Crippen LogP contribution in [-0.2, 0) is 4.74 Å². The second-order valence-corrected chi connectivity index (χ2v) is 5.24. The van der Waals surface area contributed by atoms with Crippen molar-refractivity contribution in [3.05, 3.63) is 59.9 Å². The molecular weight excluding hydrogens is 281 g/mol. The molecule has 2 rings (SSSR count). The number of ether oxygens (including phenoxy) is 1. The number of amides is 1. The molecule has 0 spiro atoms. The van der Waals surface area contributed by atoms with Gasteiger partial charge < -0.3 is 10.1 Å². The van der Waals surface area contributed by atoms with Crippen molar-refractivity contribution >= 4 is 5.91 Å². The summed E-state index contributed by atoms with van der Waals surface area (Å²) in [5.41, 5.74) is 1.80. The minimum atomic E-state index is -0.526. The predicted octanol–water partition coefficient (Wildman–Crippen LogP) is 3.65.